The summed E-state index contributed by atoms with van der Waals surface area (Å²) in [5.74, 6) is -0.711. The van der Waals surface area contributed by atoms with Gasteiger partial charge in [-0.3, -0.25) is 14.4 Å². The molecule has 1 heterocycles. The molecule has 0 amide bonds. The Morgan fingerprint density at radius 3 is 2.39 bits per heavy atom. The van der Waals surface area contributed by atoms with E-state index in [0.717, 1.165) is 23.9 Å². The third-order valence-electron chi connectivity index (χ3n) is 4.66. The highest BCUT2D eigenvalue weighted by Crippen LogP contribution is 2.40. The Bertz CT molecular complexity index is 1310. The van der Waals surface area contributed by atoms with Crippen LogP contribution in [0.15, 0.2) is 38.8 Å². The average molecular weight is 486 g/mol. The normalized spacial score (nSPS) is 13.0. The first kappa shape index (κ1) is 23.2. The molecule has 1 aromatic heterocycles. The summed E-state index contributed by atoms with van der Waals surface area (Å²) in [6, 6.07) is 6.17. The standard InChI is InChI=1S/C19H20ClN3O6S2/c1-9-5-8-13(30-9)10(2)21-14-15(18(26)17(14)25)22-12-7-6-11(20)19(16(12)24)31(27,28)23(3)29-4/h5-8,10,21-22,24H,1-4H3/t10-/m0/s1. The fourth-order valence-corrected chi connectivity index (χ4v) is 5.32. The lowest BCUT2D eigenvalue weighted by molar-refractivity contribution is -0.0259. The van der Waals surface area contributed by atoms with Crippen LogP contribution >= 0.6 is 22.9 Å². The van der Waals surface area contributed by atoms with Crippen molar-refractivity contribution in [2.45, 2.75) is 24.8 Å². The maximum absolute atomic E-state index is 12.6. The third kappa shape index (κ3) is 4.19. The van der Waals surface area contributed by atoms with Gasteiger partial charge in [0, 0.05) is 16.8 Å². The van der Waals surface area contributed by atoms with Gasteiger partial charge < -0.3 is 15.7 Å². The molecule has 0 saturated heterocycles. The van der Waals surface area contributed by atoms with E-state index in [2.05, 4.69) is 10.6 Å². The zero-order valence-corrected chi connectivity index (χ0v) is 19.4. The van der Waals surface area contributed by atoms with Gasteiger partial charge in [-0.1, -0.05) is 16.1 Å². The monoisotopic (exact) mass is 485 g/mol. The number of aryl methyl sites for hydroxylation is 1. The number of aromatic hydroxyl groups is 1. The largest absolute Gasteiger partial charge is 0.504 e. The van der Waals surface area contributed by atoms with Crippen molar-refractivity contribution in [2.24, 2.45) is 0 Å². The quantitative estimate of drug-likeness (QED) is 0.252. The molecular weight excluding hydrogens is 466 g/mol. The number of hydrogen-bond acceptors (Lipinski definition) is 9. The Labute approximate surface area is 187 Å². The molecule has 0 saturated carbocycles. The highest BCUT2D eigenvalue weighted by atomic mass is 35.5. The van der Waals surface area contributed by atoms with E-state index < -0.39 is 31.5 Å². The molecule has 3 N–H and O–H groups in total. The first-order chi connectivity index (χ1) is 14.5. The zero-order chi connectivity index (χ0) is 23.1. The minimum absolute atomic E-state index is 0.0521. The summed E-state index contributed by atoms with van der Waals surface area (Å²) in [7, 11) is -2.00. The Kier molecular flexibility index (Phi) is 6.44. The van der Waals surface area contributed by atoms with E-state index in [1.807, 2.05) is 26.0 Å². The van der Waals surface area contributed by atoms with Crippen LogP contribution in [0.1, 0.15) is 22.7 Å². The summed E-state index contributed by atoms with van der Waals surface area (Å²) < 4.78 is 25.7. The molecule has 2 aromatic carbocycles. The van der Waals surface area contributed by atoms with Crippen molar-refractivity contribution in [3.63, 3.8) is 0 Å². The second-order valence-electron chi connectivity index (χ2n) is 6.72. The van der Waals surface area contributed by atoms with Crippen LogP contribution in [0, 0.1) is 6.92 Å². The third-order valence-corrected chi connectivity index (χ3v) is 8.02. The van der Waals surface area contributed by atoms with Gasteiger partial charge in [0.2, 0.25) is 0 Å². The highest BCUT2D eigenvalue weighted by Gasteiger charge is 2.31. The van der Waals surface area contributed by atoms with Gasteiger partial charge in [0.25, 0.3) is 20.9 Å². The van der Waals surface area contributed by atoms with E-state index in [-0.39, 0.29) is 28.1 Å². The molecule has 12 heteroatoms. The predicted molar refractivity (Wildman–Crippen MR) is 121 cm³/mol. The topological polar surface area (TPSA) is 125 Å². The molecule has 3 aromatic rings. The van der Waals surface area contributed by atoms with E-state index >= 15 is 0 Å². The molecule has 166 valence electrons. The number of nitrogens with one attached hydrogen (secondary N) is 2. The van der Waals surface area contributed by atoms with Crippen molar-refractivity contribution in [2.75, 3.05) is 24.8 Å². The van der Waals surface area contributed by atoms with Crippen LogP contribution in [0.4, 0.5) is 17.1 Å². The van der Waals surface area contributed by atoms with Crippen molar-refractivity contribution in [3.8, 4) is 5.75 Å². The number of benzene rings is 1. The first-order valence-corrected chi connectivity index (χ1v) is 11.6. The Morgan fingerprint density at radius 1 is 1.16 bits per heavy atom. The molecule has 1 atom stereocenters. The molecule has 9 nitrogen and oxygen atoms in total. The lowest BCUT2D eigenvalue weighted by atomic mass is 10.1. The van der Waals surface area contributed by atoms with Crippen molar-refractivity contribution >= 4 is 50.0 Å². The molecule has 0 aliphatic carbocycles. The molecule has 0 aliphatic rings. The van der Waals surface area contributed by atoms with E-state index in [1.165, 1.54) is 12.1 Å². The molecule has 0 unspecified atom stereocenters. The summed E-state index contributed by atoms with van der Waals surface area (Å²) in [6.45, 7) is 3.80. The molecule has 31 heavy (non-hydrogen) atoms. The van der Waals surface area contributed by atoms with Gasteiger partial charge in [-0.25, -0.2) is 8.42 Å². The van der Waals surface area contributed by atoms with Gasteiger partial charge in [0.15, 0.2) is 5.75 Å². The maximum Gasteiger partial charge on any atom is 0.269 e. The number of halogens is 1. The number of sulfonamides is 1. The Morgan fingerprint density at radius 2 is 1.81 bits per heavy atom. The van der Waals surface area contributed by atoms with E-state index in [4.69, 9.17) is 16.4 Å². The van der Waals surface area contributed by atoms with E-state index in [1.54, 1.807) is 11.3 Å². The fourth-order valence-electron chi connectivity index (χ4n) is 2.88. The number of hydroxylamine groups is 1. The van der Waals surface area contributed by atoms with Crippen LogP contribution in [0.25, 0.3) is 0 Å². The molecule has 3 rings (SSSR count). The van der Waals surface area contributed by atoms with Crippen LogP contribution in [0.5, 0.6) is 5.75 Å². The molecule has 0 bridgehead atoms. The Hall–Kier alpha value is -2.44. The van der Waals surface area contributed by atoms with Crippen LogP contribution < -0.4 is 21.5 Å². The van der Waals surface area contributed by atoms with Gasteiger partial charge in [-0.2, -0.15) is 0 Å². The maximum atomic E-state index is 12.6. The second kappa shape index (κ2) is 8.60. The van der Waals surface area contributed by atoms with Crippen molar-refractivity contribution in [3.05, 3.63) is 59.5 Å². The predicted octanol–water partition coefficient (Wildman–Crippen LogP) is 3.11. The summed E-state index contributed by atoms with van der Waals surface area (Å²) in [5.41, 5.74) is -1.63. The molecule has 0 radical (unpaired) electrons. The van der Waals surface area contributed by atoms with Gasteiger partial charge in [0.1, 0.15) is 16.3 Å². The number of rotatable bonds is 8. The second-order valence-corrected chi connectivity index (χ2v) is 10.3. The fraction of sp³-hybridized carbons (Fsp3) is 0.263. The summed E-state index contributed by atoms with van der Waals surface area (Å²) in [4.78, 5) is 30.5. The number of anilines is 3. The van der Waals surface area contributed by atoms with Crippen molar-refractivity contribution in [1.29, 1.82) is 0 Å². The molecular formula is C19H20ClN3O6S2. The lowest BCUT2D eigenvalue weighted by Crippen LogP contribution is -2.37. The average Bonchev–Trinajstić information content (AvgIpc) is 3.17. The number of thiophene rings is 1. The number of phenolic OH excluding ortho intramolecular Hbond substituents is 1. The van der Waals surface area contributed by atoms with E-state index in [0.29, 0.717) is 4.47 Å². The molecule has 0 aliphatic heterocycles. The minimum Gasteiger partial charge on any atom is -0.504 e. The zero-order valence-electron chi connectivity index (χ0n) is 17.0. The summed E-state index contributed by atoms with van der Waals surface area (Å²) in [5, 5.41) is 16.0. The summed E-state index contributed by atoms with van der Waals surface area (Å²) >= 11 is 7.55. The number of hydrogen-bond donors (Lipinski definition) is 3. The van der Waals surface area contributed by atoms with Crippen LogP contribution in [-0.2, 0) is 14.9 Å². The van der Waals surface area contributed by atoms with Crippen LogP contribution in [0.2, 0.25) is 5.02 Å². The van der Waals surface area contributed by atoms with Crippen molar-refractivity contribution in [1.82, 2.24) is 4.47 Å². The first-order valence-electron chi connectivity index (χ1n) is 8.96. The van der Waals surface area contributed by atoms with Gasteiger partial charge in [0.05, 0.1) is 23.9 Å². The molecule has 0 spiro atoms. The van der Waals surface area contributed by atoms with Gasteiger partial charge >= 0.3 is 0 Å². The highest BCUT2D eigenvalue weighted by molar-refractivity contribution is 7.89. The lowest BCUT2D eigenvalue weighted by Gasteiger charge is -2.21. The minimum atomic E-state index is -4.28. The smallest absolute Gasteiger partial charge is 0.269 e. The van der Waals surface area contributed by atoms with Gasteiger partial charge in [-0.15, -0.1) is 11.3 Å². The van der Waals surface area contributed by atoms with E-state index in [9.17, 15) is 23.1 Å². The summed E-state index contributed by atoms with van der Waals surface area (Å²) in [6.07, 6.45) is 0. The van der Waals surface area contributed by atoms with Crippen LogP contribution in [-0.4, -0.2) is 32.2 Å². The van der Waals surface area contributed by atoms with Crippen LogP contribution in [0.3, 0.4) is 0 Å². The number of nitrogens with zero attached hydrogens (tertiary/aromatic N) is 1. The SMILES string of the molecule is CON(C)S(=O)(=O)c1c(Cl)ccc(Nc2c(N[C@@H](C)c3ccc(C)s3)c(=O)c2=O)c1O. The number of phenols is 1. The van der Waals surface area contributed by atoms with Gasteiger partial charge in [-0.05, 0) is 38.1 Å². The Balaban J connectivity index is 1.96. The molecule has 0 fully saturated rings. The van der Waals surface area contributed by atoms with Crippen molar-refractivity contribution < 1.29 is 18.4 Å².